The molecule has 4 rings (SSSR count). The van der Waals surface area contributed by atoms with Gasteiger partial charge >= 0.3 is 0 Å². The lowest BCUT2D eigenvalue weighted by atomic mass is 9.88. The minimum atomic E-state index is -0.0359. The van der Waals surface area contributed by atoms with E-state index in [1.54, 1.807) is 7.11 Å². The maximum absolute atomic E-state index is 12.9. The van der Waals surface area contributed by atoms with Gasteiger partial charge in [-0.2, -0.15) is 0 Å². The summed E-state index contributed by atoms with van der Waals surface area (Å²) < 4.78 is 5.43. The topological polar surface area (TPSA) is 57.4 Å². The zero-order chi connectivity index (χ0) is 20.8. The number of rotatable bonds is 8. The lowest BCUT2D eigenvalue weighted by Crippen LogP contribution is -2.38. The van der Waals surface area contributed by atoms with Crippen molar-refractivity contribution in [1.82, 2.24) is 15.2 Å². The average Bonchev–Trinajstić information content (AvgIpc) is 3.22. The number of aromatic amines is 1. The van der Waals surface area contributed by atoms with E-state index in [-0.39, 0.29) is 11.8 Å². The van der Waals surface area contributed by atoms with Crippen LogP contribution in [0, 0.1) is 0 Å². The van der Waals surface area contributed by atoms with Crippen molar-refractivity contribution in [1.29, 1.82) is 0 Å². The fourth-order valence-corrected chi connectivity index (χ4v) is 4.44. The molecule has 1 amide bonds. The quantitative estimate of drug-likeness (QED) is 0.587. The number of H-pyrrole nitrogens is 1. The molecule has 0 unspecified atom stereocenters. The Labute approximate surface area is 178 Å². The maximum Gasteiger partial charge on any atom is 0.220 e. The number of para-hydroxylation sites is 1. The van der Waals surface area contributed by atoms with Crippen LogP contribution in [0.5, 0.6) is 5.75 Å². The average molecular weight is 406 g/mol. The Morgan fingerprint density at radius 1 is 1.13 bits per heavy atom. The molecule has 2 N–H and O–H groups in total. The van der Waals surface area contributed by atoms with Crippen LogP contribution >= 0.6 is 0 Å². The highest BCUT2D eigenvalue weighted by Gasteiger charge is 2.22. The molecule has 5 heteroatoms. The van der Waals surface area contributed by atoms with E-state index in [1.807, 2.05) is 36.5 Å². The van der Waals surface area contributed by atoms with Crippen molar-refractivity contribution in [3.8, 4) is 5.75 Å². The Morgan fingerprint density at radius 3 is 2.80 bits per heavy atom. The van der Waals surface area contributed by atoms with Crippen molar-refractivity contribution in [3.05, 3.63) is 65.9 Å². The first-order valence-electron chi connectivity index (χ1n) is 10.9. The summed E-state index contributed by atoms with van der Waals surface area (Å²) in [4.78, 5) is 18.7. The van der Waals surface area contributed by atoms with Gasteiger partial charge in [0.1, 0.15) is 5.75 Å². The van der Waals surface area contributed by atoms with E-state index in [4.69, 9.17) is 4.74 Å². The molecule has 1 aliphatic heterocycles. The molecule has 2 aromatic carbocycles. The molecule has 0 bridgehead atoms. The van der Waals surface area contributed by atoms with Gasteiger partial charge in [0.25, 0.3) is 0 Å². The Hall–Kier alpha value is -2.79. The zero-order valence-electron chi connectivity index (χ0n) is 17.7. The smallest absolute Gasteiger partial charge is 0.220 e. The van der Waals surface area contributed by atoms with E-state index in [0.29, 0.717) is 13.0 Å². The van der Waals surface area contributed by atoms with Crippen LogP contribution in [0.1, 0.15) is 42.7 Å². The molecular weight excluding hydrogens is 374 g/mol. The molecule has 0 radical (unpaired) electrons. The summed E-state index contributed by atoms with van der Waals surface area (Å²) in [6.07, 6.45) is 6.32. The molecule has 5 nitrogen and oxygen atoms in total. The lowest BCUT2D eigenvalue weighted by Gasteiger charge is -2.26. The minimum Gasteiger partial charge on any atom is -0.497 e. The van der Waals surface area contributed by atoms with E-state index in [9.17, 15) is 4.79 Å². The fourth-order valence-electron chi connectivity index (χ4n) is 4.44. The summed E-state index contributed by atoms with van der Waals surface area (Å²) in [7, 11) is 1.67. The SMILES string of the molecule is COc1cccc([C@H](CC(=O)NCCN2CCCCC2)c2c[nH]c3ccccc23)c1. The van der Waals surface area contributed by atoms with Crippen molar-refractivity contribution >= 4 is 16.8 Å². The van der Waals surface area contributed by atoms with Crippen LogP contribution in [-0.4, -0.2) is 49.1 Å². The largest absolute Gasteiger partial charge is 0.497 e. The number of amides is 1. The van der Waals surface area contributed by atoms with Gasteiger partial charge in [-0.05, 0) is 55.3 Å². The third-order valence-electron chi connectivity index (χ3n) is 6.08. The molecule has 3 aromatic rings. The van der Waals surface area contributed by atoms with Crippen LogP contribution in [0.3, 0.4) is 0 Å². The van der Waals surface area contributed by atoms with Gasteiger partial charge < -0.3 is 19.9 Å². The number of piperidine rings is 1. The molecule has 1 aliphatic rings. The molecular formula is C25H31N3O2. The van der Waals surface area contributed by atoms with Gasteiger partial charge in [-0.25, -0.2) is 0 Å². The molecule has 0 aliphatic carbocycles. The number of ether oxygens (including phenoxy) is 1. The van der Waals surface area contributed by atoms with E-state index in [2.05, 4.69) is 33.4 Å². The summed E-state index contributed by atoms with van der Waals surface area (Å²) in [5.74, 6) is 0.860. The molecule has 1 aromatic heterocycles. The number of nitrogens with zero attached hydrogens (tertiary/aromatic N) is 1. The summed E-state index contributed by atoms with van der Waals surface area (Å²) in [5.41, 5.74) is 3.32. The number of nitrogens with one attached hydrogen (secondary N) is 2. The molecule has 0 saturated carbocycles. The van der Waals surface area contributed by atoms with Crippen LogP contribution in [0.15, 0.2) is 54.7 Å². The second-order valence-corrected chi connectivity index (χ2v) is 8.08. The third-order valence-corrected chi connectivity index (χ3v) is 6.08. The Balaban J connectivity index is 1.50. The van der Waals surface area contributed by atoms with E-state index in [1.165, 1.54) is 19.3 Å². The van der Waals surface area contributed by atoms with Gasteiger partial charge in [0.2, 0.25) is 5.91 Å². The summed E-state index contributed by atoms with van der Waals surface area (Å²) in [6, 6.07) is 16.3. The lowest BCUT2D eigenvalue weighted by molar-refractivity contribution is -0.121. The second-order valence-electron chi connectivity index (χ2n) is 8.08. The van der Waals surface area contributed by atoms with Crippen molar-refractivity contribution in [3.63, 3.8) is 0 Å². The molecule has 30 heavy (non-hydrogen) atoms. The van der Waals surface area contributed by atoms with Crippen LogP contribution in [-0.2, 0) is 4.79 Å². The number of carbonyl (C=O) groups is 1. The minimum absolute atomic E-state index is 0.0359. The van der Waals surface area contributed by atoms with Crippen LogP contribution < -0.4 is 10.1 Å². The van der Waals surface area contributed by atoms with Gasteiger partial charge in [-0.15, -0.1) is 0 Å². The highest BCUT2D eigenvalue weighted by atomic mass is 16.5. The summed E-state index contributed by atoms with van der Waals surface area (Å²) in [6.45, 7) is 3.94. The number of hydrogen-bond acceptors (Lipinski definition) is 3. The van der Waals surface area contributed by atoms with E-state index >= 15 is 0 Å². The van der Waals surface area contributed by atoms with E-state index in [0.717, 1.165) is 47.4 Å². The number of benzene rings is 2. The van der Waals surface area contributed by atoms with Crippen molar-refractivity contribution in [2.24, 2.45) is 0 Å². The first-order chi connectivity index (χ1) is 14.7. The van der Waals surface area contributed by atoms with Crippen molar-refractivity contribution in [2.75, 3.05) is 33.3 Å². The Kier molecular flexibility index (Phi) is 6.70. The van der Waals surface area contributed by atoms with Crippen molar-refractivity contribution < 1.29 is 9.53 Å². The Morgan fingerprint density at radius 2 is 1.97 bits per heavy atom. The highest BCUT2D eigenvalue weighted by Crippen LogP contribution is 2.34. The number of fused-ring (bicyclic) bond motifs is 1. The first kappa shape index (κ1) is 20.5. The molecule has 1 fully saturated rings. The maximum atomic E-state index is 12.9. The first-order valence-corrected chi connectivity index (χ1v) is 10.9. The normalized spacial score (nSPS) is 15.8. The molecule has 1 saturated heterocycles. The monoisotopic (exact) mass is 405 g/mol. The van der Waals surface area contributed by atoms with Gasteiger partial charge in [-0.3, -0.25) is 4.79 Å². The van der Waals surface area contributed by atoms with Crippen LogP contribution in [0.2, 0.25) is 0 Å². The van der Waals surface area contributed by atoms with Gasteiger partial charge in [0, 0.05) is 42.5 Å². The standard InChI is InChI=1S/C25H31N3O2/c1-30-20-9-7-8-19(16-20)22(23-18-27-24-11-4-3-10-21(23)24)17-25(29)26-12-15-28-13-5-2-6-14-28/h3-4,7-11,16,18,22,27H,2,5-6,12-15,17H2,1H3,(H,26,29)/t22-/m0/s1. The highest BCUT2D eigenvalue weighted by molar-refractivity contribution is 5.86. The predicted octanol–water partition coefficient (Wildman–Crippen LogP) is 4.30. The number of likely N-dealkylation sites (tertiary alicyclic amines) is 1. The third kappa shape index (κ3) is 4.85. The molecule has 158 valence electrons. The molecule has 1 atom stereocenters. The van der Waals surface area contributed by atoms with Gasteiger partial charge in [0.05, 0.1) is 7.11 Å². The number of methoxy groups -OCH3 is 1. The molecule has 0 spiro atoms. The summed E-state index contributed by atoms with van der Waals surface area (Å²) in [5, 5.41) is 4.31. The fraction of sp³-hybridized carbons (Fsp3) is 0.400. The zero-order valence-corrected chi connectivity index (χ0v) is 17.7. The van der Waals surface area contributed by atoms with Gasteiger partial charge in [0.15, 0.2) is 0 Å². The summed E-state index contributed by atoms with van der Waals surface area (Å²) >= 11 is 0. The predicted molar refractivity (Wildman–Crippen MR) is 121 cm³/mol. The Bertz CT molecular complexity index is 975. The number of carbonyl (C=O) groups excluding carboxylic acids is 1. The van der Waals surface area contributed by atoms with Crippen LogP contribution in [0.4, 0.5) is 0 Å². The van der Waals surface area contributed by atoms with E-state index < -0.39 is 0 Å². The van der Waals surface area contributed by atoms with Crippen molar-refractivity contribution in [2.45, 2.75) is 31.6 Å². The number of hydrogen-bond donors (Lipinski definition) is 2. The number of aromatic nitrogens is 1. The van der Waals surface area contributed by atoms with Crippen LogP contribution in [0.25, 0.3) is 10.9 Å². The second kappa shape index (κ2) is 9.81. The van der Waals surface area contributed by atoms with Gasteiger partial charge in [-0.1, -0.05) is 36.8 Å². The molecule has 2 heterocycles.